The molecule has 0 spiro atoms. The summed E-state index contributed by atoms with van der Waals surface area (Å²) in [7, 11) is 0. The van der Waals surface area contributed by atoms with Crippen LogP contribution in [0.15, 0.2) is 5.10 Å². The van der Waals surface area contributed by atoms with Crippen molar-refractivity contribution >= 4 is 11.7 Å². The van der Waals surface area contributed by atoms with Gasteiger partial charge in [0.1, 0.15) is 0 Å². The molecule has 0 heterocycles. The van der Waals surface area contributed by atoms with E-state index in [0.29, 0.717) is 12.3 Å². The van der Waals surface area contributed by atoms with Gasteiger partial charge in [0, 0.05) is 12.3 Å². The van der Waals surface area contributed by atoms with Gasteiger partial charge in [-0.05, 0) is 6.92 Å². The number of carbonyl (C=O) groups excluding carboxylic acids is 1. The predicted octanol–water partition coefficient (Wildman–Crippen LogP) is -1.01. The van der Waals surface area contributed by atoms with Crippen LogP contribution in [0, 0.1) is 0 Å². The third-order valence-corrected chi connectivity index (χ3v) is 0.652. The molecule has 0 bridgehead atoms. The number of hydrazone groups is 1. The minimum atomic E-state index is -0.678. The lowest BCUT2D eigenvalue weighted by Crippen LogP contribution is -2.26. The number of hydrogen-bond acceptors (Lipinski definition) is 3. The smallest absolute Gasteiger partial charge is 0.332 e. The maximum atomic E-state index is 9.98. The number of amides is 2. The van der Waals surface area contributed by atoms with Gasteiger partial charge in [0.15, 0.2) is 0 Å². The normalized spacial score (nSPS) is 11.1. The standard InChI is InChI=1S/C4H10N4O/c1-3(2-5)7-8-4(6)9/h2,5H2,1H3,(H3,6,8,9). The van der Waals surface area contributed by atoms with Crippen LogP contribution in [0.5, 0.6) is 0 Å². The molecule has 0 saturated carbocycles. The Morgan fingerprint density at radius 2 is 2.33 bits per heavy atom. The minimum absolute atomic E-state index is 0.320. The third kappa shape index (κ3) is 4.76. The predicted molar refractivity (Wildman–Crippen MR) is 34.9 cm³/mol. The highest BCUT2D eigenvalue weighted by atomic mass is 16.2. The Morgan fingerprint density at radius 3 is 2.67 bits per heavy atom. The van der Waals surface area contributed by atoms with Gasteiger partial charge < -0.3 is 11.5 Å². The van der Waals surface area contributed by atoms with Crippen molar-refractivity contribution in [2.24, 2.45) is 16.6 Å². The van der Waals surface area contributed by atoms with E-state index in [1.54, 1.807) is 6.92 Å². The number of urea groups is 1. The van der Waals surface area contributed by atoms with E-state index in [-0.39, 0.29) is 0 Å². The van der Waals surface area contributed by atoms with Crippen molar-refractivity contribution in [3.63, 3.8) is 0 Å². The van der Waals surface area contributed by atoms with Crippen LogP contribution in [0.2, 0.25) is 0 Å². The van der Waals surface area contributed by atoms with Gasteiger partial charge in [0.2, 0.25) is 0 Å². The van der Waals surface area contributed by atoms with Crippen LogP contribution >= 0.6 is 0 Å². The second-order valence-electron chi connectivity index (χ2n) is 1.53. The van der Waals surface area contributed by atoms with E-state index in [1.807, 2.05) is 5.43 Å². The van der Waals surface area contributed by atoms with Crippen LogP contribution in [0.1, 0.15) is 6.92 Å². The first-order valence-corrected chi connectivity index (χ1v) is 2.45. The molecule has 52 valence electrons. The summed E-state index contributed by atoms with van der Waals surface area (Å²) >= 11 is 0. The number of primary amides is 1. The molecule has 0 atom stereocenters. The van der Waals surface area contributed by atoms with Crippen molar-refractivity contribution in [3.8, 4) is 0 Å². The first-order valence-electron chi connectivity index (χ1n) is 2.45. The maximum absolute atomic E-state index is 9.98. The molecule has 0 aliphatic rings. The molecular weight excluding hydrogens is 120 g/mol. The minimum Gasteiger partial charge on any atom is -0.350 e. The quantitative estimate of drug-likeness (QED) is 0.330. The van der Waals surface area contributed by atoms with Gasteiger partial charge >= 0.3 is 6.03 Å². The molecule has 0 aromatic heterocycles. The molecule has 0 fully saturated rings. The number of rotatable bonds is 2. The van der Waals surface area contributed by atoms with Gasteiger partial charge in [-0.25, -0.2) is 10.2 Å². The first kappa shape index (κ1) is 7.90. The first-order chi connectivity index (χ1) is 4.16. The van der Waals surface area contributed by atoms with Crippen molar-refractivity contribution < 1.29 is 4.79 Å². The summed E-state index contributed by atoms with van der Waals surface area (Å²) in [6, 6.07) is -0.678. The summed E-state index contributed by atoms with van der Waals surface area (Å²) in [4.78, 5) is 9.98. The van der Waals surface area contributed by atoms with Gasteiger partial charge in [-0.3, -0.25) is 0 Å². The number of nitrogens with zero attached hydrogens (tertiary/aromatic N) is 1. The lowest BCUT2D eigenvalue weighted by atomic mass is 10.4. The lowest BCUT2D eigenvalue weighted by molar-refractivity contribution is 0.249. The van der Waals surface area contributed by atoms with Crippen molar-refractivity contribution in [1.82, 2.24) is 5.43 Å². The van der Waals surface area contributed by atoms with Gasteiger partial charge in [-0.2, -0.15) is 5.10 Å². The Hall–Kier alpha value is -1.10. The second-order valence-corrected chi connectivity index (χ2v) is 1.53. The topological polar surface area (TPSA) is 93.5 Å². The van der Waals surface area contributed by atoms with E-state index < -0.39 is 6.03 Å². The van der Waals surface area contributed by atoms with Gasteiger partial charge in [0.05, 0.1) is 0 Å². The van der Waals surface area contributed by atoms with Crippen LogP contribution in [-0.2, 0) is 0 Å². The van der Waals surface area contributed by atoms with E-state index in [2.05, 4.69) is 5.10 Å². The van der Waals surface area contributed by atoms with Crippen molar-refractivity contribution in [3.05, 3.63) is 0 Å². The molecule has 0 unspecified atom stereocenters. The molecule has 9 heavy (non-hydrogen) atoms. The Labute approximate surface area is 53.1 Å². The summed E-state index contributed by atoms with van der Waals surface area (Å²) in [5.74, 6) is 0. The fourth-order valence-electron chi connectivity index (χ4n) is 0.196. The maximum Gasteiger partial charge on any atom is 0.332 e. The fourth-order valence-corrected chi connectivity index (χ4v) is 0.196. The SMILES string of the molecule is CC(CN)=NNC(N)=O. The van der Waals surface area contributed by atoms with Crippen molar-refractivity contribution in [1.29, 1.82) is 0 Å². The van der Waals surface area contributed by atoms with Crippen LogP contribution in [-0.4, -0.2) is 18.3 Å². The Morgan fingerprint density at radius 1 is 1.78 bits per heavy atom. The van der Waals surface area contributed by atoms with Crippen molar-refractivity contribution in [2.75, 3.05) is 6.54 Å². The molecule has 5 heteroatoms. The van der Waals surface area contributed by atoms with Crippen LogP contribution in [0.3, 0.4) is 0 Å². The molecule has 0 aliphatic heterocycles. The van der Waals surface area contributed by atoms with Crippen LogP contribution < -0.4 is 16.9 Å². The molecular formula is C4H10N4O. The Bertz CT molecular complexity index is 131. The highest BCUT2D eigenvalue weighted by Crippen LogP contribution is 1.67. The van der Waals surface area contributed by atoms with Crippen LogP contribution in [0.25, 0.3) is 0 Å². The van der Waals surface area contributed by atoms with E-state index in [1.165, 1.54) is 0 Å². The summed E-state index contributed by atoms with van der Waals surface area (Å²) in [5, 5.41) is 3.51. The summed E-state index contributed by atoms with van der Waals surface area (Å²) in [6.45, 7) is 2.01. The van der Waals surface area contributed by atoms with Crippen LogP contribution in [0.4, 0.5) is 4.79 Å². The van der Waals surface area contributed by atoms with E-state index in [4.69, 9.17) is 11.5 Å². The molecule has 0 rings (SSSR count). The number of nitrogens with one attached hydrogen (secondary N) is 1. The van der Waals surface area contributed by atoms with E-state index >= 15 is 0 Å². The monoisotopic (exact) mass is 130 g/mol. The highest BCUT2D eigenvalue weighted by molar-refractivity contribution is 5.85. The molecule has 0 aliphatic carbocycles. The number of nitrogens with two attached hydrogens (primary N) is 2. The Kier molecular flexibility index (Phi) is 3.38. The zero-order valence-corrected chi connectivity index (χ0v) is 5.22. The molecule has 0 aromatic carbocycles. The largest absolute Gasteiger partial charge is 0.350 e. The average molecular weight is 130 g/mol. The lowest BCUT2D eigenvalue weighted by Gasteiger charge is -1.93. The molecule has 5 N–H and O–H groups in total. The molecule has 5 nitrogen and oxygen atoms in total. The second kappa shape index (κ2) is 3.85. The molecule has 0 aromatic rings. The number of carbonyl (C=O) groups is 1. The molecule has 2 amide bonds. The van der Waals surface area contributed by atoms with Gasteiger partial charge in [-0.15, -0.1) is 0 Å². The van der Waals surface area contributed by atoms with E-state index in [9.17, 15) is 4.79 Å². The zero-order valence-electron chi connectivity index (χ0n) is 5.22. The molecule has 0 radical (unpaired) electrons. The third-order valence-electron chi connectivity index (χ3n) is 0.652. The molecule has 0 saturated heterocycles. The van der Waals surface area contributed by atoms with E-state index in [0.717, 1.165) is 0 Å². The van der Waals surface area contributed by atoms with Gasteiger partial charge in [0.25, 0.3) is 0 Å². The fraction of sp³-hybridized carbons (Fsp3) is 0.500. The average Bonchev–Trinajstić information content (AvgIpc) is 1.83. The summed E-state index contributed by atoms with van der Waals surface area (Å²) in [5.41, 5.74) is 12.5. The van der Waals surface area contributed by atoms with Gasteiger partial charge in [-0.1, -0.05) is 0 Å². The highest BCUT2D eigenvalue weighted by Gasteiger charge is 1.86. The summed E-state index contributed by atoms with van der Waals surface area (Å²) in [6.07, 6.45) is 0. The zero-order chi connectivity index (χ0) is 7.28. The summed E-state index contributed by atoms with van der Waals surface area (Å²) < 4.78 is 0. The van der Waals surface area contributed by atoms with Crippen molar-refractivity contribution in [2.45, 2.75) is 6.92 Å². The number of hydrogen-bond donors (Lipinski definition) is 3. The Balaban J connectivity index is 3.56.